The second-order valence-corrected chi connectivity index (χ2v) is 11.7. The number of thioether (sulfide) groups is 1. The van der Waals surface area contributed by atoms with Gasteiger partial charge in [-0.05, 0) is 34.5 Å². The van der Waals surface area contributed by atoms with Gasteiger partial charge in [-0.2, -0.15) is 16.7 Å². The fourth-order valence-corrected chi connectivity index (χ4v) is 5.99. The number of thiophene rings is 1. The number of hydrogen-bond donors (Lipinski definition) is 4. The summed E-state index contributed by atoms with van der Waals surface area (Å²) in [5.41, 5.74) is 1.80. The molecule has 4 N–H and O–H groups in total. The van der Waals surface area contributed by atoms with Crippen LogP contribution in [0.1, 0.15) is 12.5 Å². The van der Waals surface area contributed by atoms with Crippen molar-refractivity contribution in [3.05, 3.63) is 58.0 Å². The summed E-state index contributed by atoms with van der Waals surface area (Å²) in [5, 5.41) is 17.0. The molecular formula is C20H24BrN5O3S3. The van der Waals surface area contributed by atoms with Crippen LogP contribution in [-0.4, -0.2) is 48.4 Å². The average Bonchev–Trinajstić information content (AvgIpc) is 3.26. The SMILES string of the molecule is C[C@H](CO)Nc1nc(Nc2csc(S(=O)(=O)NCCSCc3ccccc3)c2)ncc1Br. The Kier molecular flexibility index (Phi) is 9.32. The molecule has 0 aliphatic heterocycles. The maximum Gasteiger partial charge on any atom is 0.250 e. The number of rotatable bonds is 12. The molecule has 0 radical (unpaired) electrons. The highest BCUT2D eigenvalue weighted by Crippen LogP contribution is 2.27. The van der Waals surface area contributed by atoms with Gasteiger partial charge in [0.25, 0.3) is 0 Å². The van der Waals surface area contributed by atoms with Crippen LogP contribution >= 0.6 is 39.0 Å². The van der Waals surface area contributed by atoms with Crippen molar-refractivity contribution in [3.8, 4) is 0 Å². The van der Waals surface area contributed by atoms with E-state index in [9.17, 15) is 13.5 Å². The van der Waals surface area contributed by atoms with Gasteiger partial charge in [0.1, 0.15) is 10.0 Å². The molecule has 0 aliphatic rings. The molecule has 2 aromatic heterocycles. The van der Waals surface area contributed by atoms with Crippen molar-refractivity contribution in [1.29, 1.82) is 0 Å². The lowest BCUT2D eigenvalue weighted by Crippen LogP contribution is -2.25. The largest absolute Gasteiger partial charge is 0.394 e. The number of aliphatic hydroxyl groups is 1. The third kappa shape index (κ3) is 7.42. The monoisotopic (exact) mass is 557 g/mol. The number of halogens is 1. The minimum atomic E-state index is -3.58. The number of aromatic nitrogens is 2. The Morgan fingerprint density at radius 1 is 1.28 bits per heavy atom. The third-order valence-corrected chi connectivity index (χ3v) is 8.66. The van der Waals surface area contributed by atoms with E-state index in [1.807, 2.05) is 25.1 Å². The maximum absolute atomic E-state index is 12.6. The number of anilines is 3. The molecule has 0 saturated heterocycles. The van der Waals surface area contributed by atoms with E-state index in [4.69, 9.17) is 0 Å². The maximum atomic E-state index is 12.6. The summed E-state index contributed by atoms with van der Waals surface area (Å²) < 4.78 is 28.7. The zero-order valence-electron chi connectivity index (χ0n) is 17.3. The predicted molar refractivity (Wildman–Crippen MR) is 135 cm³/mol. The second-order valence-electron chi connectivity index (χ2n) is 6.83. The summed E-state index contributed by atoms with van der Waals surface area (Å²) >= 11 is 6.17. The van der Waals surface area contributed by atoms with Crippen molar-refractivity contribution in [2.75, 3.05) is 29.5 Å². The summed E-state index contributed by atoms with van der Waals surface area (Å²) in [6.45, 7) is 2.14. The predicted octanol–water partition coefficient (Wildman–Crippen LogP) is 4.05. The lowest BCUT2D eigenvalue weighted by atomic mass is 10.2. The number of benzene rings is 1. The molecule has 3 aromatic rings. The zero-order chi connectivity index (χ0) is 23.0. The van der Waals surface area contributed by atoms with E-state index < -0.39 is 10.0 Å². The first-order valence-electron chi connectivity index (χ1n) is 9.74. The number of hydrogen-bond acceptors (Lipinski definition) is 9. The summed E-state index contributed by atoms with van der Waals surface area (Å²) in [6, 6.07) is 11.4. The second kappa shape index (κ2) is 12.0. The quantitative estimate of drug-likeness (QED) is 0.246. The number of aliphatic hydroxyl groups excluding tert-OH is 1. The van der Waals surface area contributed by atoms with Gasteiger partial charge in [0.15, 0.2) is 0 Å². The topological polar surface area (TPSA) is 116 Å². The van der Waals surface area contributed by atoms with Crippen molar-refractivity contribution in [3.63, 3.8) is 0 Å². The fourth-order valence-electron chi connectivity index (χ4n) is 2.54. The number of sulfonamides is 1. The summed E-state index contributed by atoms with van der Waals surface area (Å²) in [5.74, 6) is 2.37. The Balaban J connectivity index is 1.53. The van der Waals surface area contributed by atoms with Gasteiger partial charge < -0.3 is 15.7 Å². The number of nitrogens with zero attached hydrogens (tertiary/aromatic N) is 2. The van der Waals surface area contributed by atoms with Crippen LogP contribution in [0.15, 0.2) is 56.7 Å². The van der Waals surface area contributed by atoms with Crippen LogP contribution in [0.4, 0.5) is 17.5 Å². The Hall–Kier alpha value is -1.70. The van der Waals surface area contributed by atoms with E-state index in [0.29, 0.717) is 34.2 Å². The van der Waals surface area contributed by atoms with Gasteiger partial charge in [-0.3, -0.25) is 0 Å². The van der Waals surface area contributed by atoms with Gasteiger partial charge in [0.05, 0.1) is 16.8 Å². The van der Waals surface area contributed by atoms with Crippen LogP contribution in [0.2, 0.25) is 0 Å². The molecule has 0 spiro atoms. The minimum Gasteiger partial charge on any atom is -0.394 e. The van der Waals surface area contributed by atoms with Crippen LogP contribution in [-0.2, 0) is 15.8 Å². The van der Waals surface area contributed by atoms with Gasteiger partial charge >= 0.3 is 0 Å². The lowest BCUT2D eigenvalue weighted by molar-refractivity contribution is 0.281. The highest BCUT2D eigenvalue weighted by molar-refractivity contribution is 9.10. The molecule has 0 fully saturated rings. The summed E-state index contributed by atoms with van der Waals surface area (Å²) in [7, 11) is -3.58. The van der Waals surface area contributed by atoms with Crippen LogP contribution in [0, 0.1) is 0 Å². The molecule has 8 nitrogen and oxygen atoms in total. The van der Waals surface area contributed by atoms with E-state index >= 15 is 0 Å². The third-order valence-electron chi connectivity index (χ3n) is 4.15. The Bertz CT molecular complexity index is 1110. The van der Waals surface area contributed by atoms with Gasteiger partial charge in [0.2, 0.25) is 16.0 Å². The van der Waals surface area contributed by atoms with Gasteiger partial charge in [-0.25, -0.2) is 18.1 Å². The van der Waals surface area contributed by atoms with Crippen LogP contribution in [0.25, 0.3) is 0 Å². The fraction of sp³-hybridized carbons (Fsp3) is 0.300. The average molecular weight is 559 g/mol. The van der Waals surface area contributed by atoms with Crippen molar-refractivity contribution in [1.82, 2.24) is 14.7 Å². The van der Waals surface area contributed by atoms with Gasteiger partial charge in [0, 0.05) is 35.7 Å². The Labute approximate surface area is 204 Å². The molecule has 3 rings (SSSR count). The molecule has 12 heteroatoms. The van der Waals surface area contributed by atoms with Crippen LogP contribution < -0.4 is 15.4 Å². The molecule has 1 aromatic carbocycles. The normalized spacial score (nSPS) is 12.5. The highest BCUT2D eigenvalue weighted by atomic mass is 79.9. The Morgan fingerprint density at radius 3 is 2.81 bits per heavy atom. The first-order valence-corrected chi connectivity index (χ1v) is 14.1. The van der Waals surface area contributed by atoms with E-state index in [2.05, 4.69) is 53.4 Å². The summed E-state index contributed by atoms with van der Waals surface area (Å²) in [6.07, 6.45) is 1.58. The minimum absolute atomic E-state index is 0.0390. The van der Waals surface area contributed by atoms with E-state index in [1.54, 1.807) is 29.4 Å². The van der Waals surface area contributed by atoms with Crippen LogP contribution in [0.3, 0.4) is 0 Å². The molecule has 0 bridgehead atoms. The number of nitrogens with one attached hydrogen (secondary N) is 3. The van der Waals surface area contributed by atoms with Crippen molar-refractivity contribution in [2.24, 2.45) is 0 Å². The molecule has 172 valence electrons. The molecule has 1 atom stereocenters. The lowest BCUT2D eigenvalue weighted by Gasteiger charge is -2.13. The van der Waals surface area contributed by atoms with Crippen molar-refractivity contribution in [2.45, 2.75) is 22.9 Å². The van der Waals surface area contributed by atoms with Gasteiger partial charge in [-0.1, -0.05) is 30.3 Å². The Morgan fingerprint density at radius 2 is 2.06 bits per heavy atom. The highest BCUT2D eigenvalue weighted by Gasteiger charge is 2.17. The molecular weight excluding hydrogens is 534 g/mol. The summed E-state index contributed by atoms with van der Waals surface area (Å²) in [4.78, 5) is 8.57. The first kappa shape index (κ1) is 24.9. The molecule has 0 aliphatic carbocycles. The molecule has 32 heavy (non-hydrogen) atoms. The first-order chi connectivity index (χ1) is 15.4. The molecule has 0 amide bonds. The van der Waals surface area contributed by atoms with Crippen molar-refractivity contribution >= 4 is 66.5 Å². The van der Waals surface area contributed by atoms with Crippen molar-refractivity contribution < 1.29 is 13.5 Å². The van der Waals surface area contributed by atoms with E-state index in [1.165, 1.54) is 5.56 Å². The standard InChI is InChI=1S/C20H24BrN5O3S3/c1-14(11-27)24-19-17(21)10-22-20(26-19)25-16-9-18(31-13-16)32(28,29)23-7-8-30-12-15-5-3-2-4-6-15/h2-6,9-10,13-14,23,27H,7-8,11-12H2,1H3,(H2,22,24,25,26)/t14-/m1/s1. The molecule has 2 heterocycles. The smallest absolute Gasteiger partial charge is 0.250 e. The van der Waals surface area contributed by atoms with Gasteiger partial charge in [-0.15, -0.1) is 11.3 Å². The molecule has 0 unspecified atom stereocenters. The molecule has 0 saturated carbocycles. The van der Waals surface area contributed by atoms with E-state index in [0.717, 1.165) is 17.1 Å². The zero-order valence-corrected chi connectivity index (χ0v) is 21.3. The van der Waals surface area contributed by atoms with E-state index in [-0.39, 0.29) is 16.9 Å². The van der Waals surface area contributed by atoms with Crippen LogP contribution in [0.5, 0.6) is 0 Å².